The van der Waals surface area contributed by atoms with Crippen LogP contribution in [-0.2, 0) is 6.16 Å². The first-order valence-electron chi connectivity index (χ1n) is 18.7. The Bertz CT molecular complexity index is 1330. The first-order valence-corrected chi connectivity index (χ1v) is 32.8. The molecule has 0 heterocycles. The van der Waals surface area contributed by atoms with Gasteiger partial charge in [-0.15, -0.1) is 0 Å². The standard InChI is InChI=1S/C25H22P.3C6H11.2ClH.Sn/c1-5-13-22(14-6-1)21-26(23-15-7-2-8-16-23,24-17-9-3-10-18-24)25-19-11-4-12-20-25;3*1-2-4-6-5-3-1;;;/h1-20H,21H2;3*1H,2-6H2;2*1H;/q+1;;;;;;+1/p-2. The van der Waals surface area contributed by atoms with Gasteiger partial charge in [-0.25, -0.2) is 0 Å². The van der Waals surface area contributed by atoms with Crippen LogP contribution >= 0.6 is 25.1 Å². The maximum atomic E-state index is 7.81. The Hall–Kier alpha value is -1.31. The molecule has 7 rings (SSSR count). The molecule has 3 aliphatic rings. The van der Waals surface area contributed by atoms with E-state index in [1.807, 2.05) is 0 Å². The zero-order valence-electron chi connectivity index (χ0n) is 28.3. The molecule has 3 aliphatic carbocycles. The summed E-state index contributed by atoms with van der Waals surface area (Å²) in [6, 6.07) is 44.0. The minimum Gasteiger partial charge on any atom is -0.0622 e. The Labute approximate surface area is 294 Å². The number of hydrogen-bond donors (Lipinski definition) is 0. The van der Waals surface area contributed by atoms with E-state index >= 15 is 0 Å². The molecule has 0 spiro atoms. The second-order valence-corrected chi connectivity index (χ2v) is 44.8. The third-order valence-corrected chi connectivity index (χ3v) is 47.1. The van der Waals surface area contributed by atoms with Gasteiger partial charge in [0.05, 0.1) is 6.16 Å². The van der Waals surface area contributed by atoms with Crippen LogP contribution in [0, 0.1) is 0 Å². The summed E-state index contributed by atoms with van der Waals surface area (Å²) in [7, 11) is 13.8. The largest absolute Gasteiger partial charge is 0.116 e. The number of benzene rings is 4. The van der Waals surface area contributed by atoms with Gasteiger partial charge in [-0.1, -0.05) is 84.9 Å². The van der Waals surface area contributed by atoms with E-state index in [9.17, 15) is 0 Å². The quantitative estimate of drug-likeness (QED) is 0.123. The SMILES string of the molecule is [Cl][Sn-]([Cl])([CH]1CCCCC1)([CH]1CCCCC1)[CH]1CCCCC1.c1ccc(C[P+](c2ccccc2)(c2ccccc2)c2ccccc2)cc1. The summed E-state index contributed by atoms with van der Waals surface area (Å²) in [5, 5.41) is 4.30. The topological polar surface area (TPSA) is 0 Å². The van der Waals surface area contributed by atoms with Crippen molar-refractivity contribution in [1.29, 1.82) is 0 Å². The van der Waals surface area contributed by atoms with Crippen LogP contribution in [0.1, 0.15) is 102 Å². The average Bonchev–Trinajstić information content (AvgIpc) is 3.17. The Morgan fingerprint density at radius 1 is 0.404 bits per heavy atom. The van der Waals surface area contributed by atoms with Crippen LogP contribution in [0.3, 0.4) is 0 Å². The number of hydrogen-bond acceptors (Lipinski definition) is 0. The Balaban J connectivity index is 0.000000168. The third-order valence-electron chi connectivity index (χ3n) is 12.0. The van der Waals surface area contributed by atoms with Crippen LogP contribution in [0.4, 0.5) is 0 Å². The maximum absolute atomic E-state index is 7.81. The van der Waals surface area contributed by atoms with E-state index in [0.29, 0.717) is 0 Å². The van der Waals surface area contributed by atoms with Crippen LogP contribution in [0.5, 0.6) is 0 Å². The van der Waals surface area contributed by atoms with Crippen LogP contribution in [0.15, 0.2) is 121 Å². The summed E-state index contributed by atoms with van der Waals surface area (Å²) < 4.78 is 2.28. The van der Waals surface area contributed by atoms with Crippen LogP contribution in [0.2, 0.25) is 11.8 Å². The van der Waals surface area contributed by atoms with Gasteiger partial charge in [0.25, 0.3) is 0 Å². The zero-order chi connectivity index (χ0) is 32.4. The minimum atomic E-state index is -3.68. The zero-order valence-corrected chi connectivity index (χ0v) is 33.6. The summed E-state index contributed by atoms with van der Waals surface area (Å²) in [6.07, 6.45) is 21.9. The van der Waals surface area contributed by atoms with Crippen molar-refractivity contribution < 1.29 is 0 Å². The molecule has 0 nitrogen and oxygen atoms in total. The molecule has 47 heavy (non-hydrogen) atoms. The smallest absolute Gasteiger partial charge is 0.0622 e. The molecule has 0 aliphatic heterocycles. The van der Waals surface area contributed by atoms with Gasteiger partial charge in [-0.05, 0) is 42.0 Å². The Kier molecular flexibility index (Phi) is 12.5. The fraction of sp³-hybridized carbons (Fsp3) is 0.442. The Morgan fingerprint density at radius 2 is 0.681 bits per heavy atom. The van der Waals surface area contributed by atoms with Crippen molar-refractivity contribution in [1.82, 2.24) is 0 Å². The normalized spacial score (nSPS) is 19.6. The van der Waals surface area contributed by atoms with Crippen LogP contribution < -0.4 is 15.9 Å². The second kappa shape index (κ2) is 16.6. The monoisotopic (exact) mass is 792 g/mol. The fourth-order valence-corrected chi connectivity index (χ4v) is 41.3. The number of rotatable bonds is 8. The number of halogens is 2. The van der Waals surface area contributed by atoms with Gasteiger partial charge in [-0.2, -0.15) is 0 Å². The molecule has 0 atom stereocenters. The molecule has 0 bridgehead atoms. The first-order chi connectivity index (χ1) is 23.0. The summed E-state index contributed by atoms with van der Waals surface area (Å²) in [4.78, 5) is 0. The molecular weight excluding hydrogens is 737 g/mol. The van der Waals surface area contributed by atoms with E-state index in [4.69, 9.17) is 17.8 Å². The minimum absolute atomic E-state index is 0.759. The van der Waals surface area contributed by atoms with Gasteiger partial charge in [0.1, 0.15) is 23.2 Å². The summed E-state index contributed by atoms with van der Waals surface area (Å²) in [5.74, 6) is 0. The molecule has 0 aromatic heterocycles. The van der Waals surface area contributed by atoms with E-state index < -0.39 is 22.0 Å². The Morgan fingerprint density at radius 3 is 0.979 bits per heavy atom. The summed E-state index contributed by atoms with van der Waals surface area (Å²) in [5.41, 5.74) is 1.39. The summed E-state index contributed by atoms with van der Waals surface area (Å²) in [6.45, 7) is 0. The van der Waals surface area contributed by atoms with Gasteiger partial charge in [-0.3, -0.25) is 0 Å². The molecule has 4 heteroatoms. The third kappa shape index (κ3) is 7.88. The molecule has 0 N–H and O–H groups in total. The predicted octanol–water partition coefficient (Wildman–Crippen LogP) is 13.0. The second-order valence-electron chi connectivity index (χ2n) is 14.7. The fourth-order valence-electron chi connectivity index (χ4n) is 9.59. The van der Waals surface area contributed by atoms with Crippen molar-refractivity contribution in [3.05, 3.63) is 127 Å². The van der Waals surface area contributed by atoms with Crippen LogP contribution in [0.25, 0.3) is 0 Å². The van der Waals surface area contributed by atoms with Crippen molar-refractivity contribution in [2.24, 2.45) is 0 Å². The molecule has 3 fully saturated rings. The maximum Gasteiger partial charge on any atom is 0.116 e. The molecule has 0 amide bonds. The van der Waals surface area contributed by atoms with Crippen LogP contribution in [-0.4, -0.2) is 14.7 Å². The van der Waals surface area contributed by atoms with E-state index in [1.165, 1.54) is 118 Å². The molecule has 4 aromatic rings. The van der Waals surface area contributed by atoms with Gasteiger partial charge in [0.2, 0.25) is 0 Å². The molecule has 0 radical (unpaired) electrons. The molecule has 0 unspecified atom stereocenters. The molecular formula is C43H55Cl2PSn. The summed E-state index contributed by atoms with van der Waals surface area (Å²) >= 11 is -3.68. The van der Waals surface area contributed by atoms with E-state index in [0.717, 1.165) is 18.0 Å². The molecule has 250 valence electrons. The van der Waals surface area contributed by atoms with Gasteiger partial charge >= 0.3 is 141 Å². The van der Waals surface area contributed by atoms with Gasteiger partial charge in [0.15, 0.2) is 0 Å². The average molecular weight is 793 g/mol. The van der Waals surface area contributed by atoms with Crippen molar-refractivity contribution in [2.75, 3.05) is 0 Å². The van der Waals surface area contributed by atoms with Crippen molar-refractivity contribution in [2.45, 2.75) is 114 Å². The first kappa shape index (κ1) is 35.5. The van der Waals surface area contributed by atoms with Crippen molar-refractivity contribution >= 4 is 55.8 Å². The molecule has 3 saturated carbocycles. The molecule has 4 aromatic carbocycles. The van der Waals surface area contributed by atoms with Crippen molar-refractivity contribution in [3.8, 4) is 0 Å². The predicted molar refractivity (Wildman–Crippen MR) is 213 cm³/mol. The van der Waals surface area contributed by atoms with E-state index in [2.05, 4.69) is 121 Å². The van der Waals surface area contributed by atoms with Crippen molar-refractivity contribution in [3.63, 3.8) is 0 Å². The van der Waals surface area contributed by atoms with E-state index in [1.54, 1.807) is 0 Å². The van der Waals surface area contributed by atoms with E-state index in [-0.39, 0.29) is 0 Å². The van der Waals surface area contributed by atoms with Gasteiger partial charge in [0, 0.05) is 0 Å². The van der Waals surface area contributed by atoms with Gasteiger partial charge < -0.3 is 0 Å². The molecule has 0 saturated heterocycles.